The lowest BCUT2D eigenvalue weighted by Crippen LogP contribution is -2.41. The van der Waals surface area contributed by atoms with Gasteiger partial charge in [0, 0.05) is 52.4 Å². The molecule has 0 bridgehead atoms. The van der Waals surface area contributed by atoms with Crippen LogP contribution in [0.15, 0.2) is 29.6 Å². The van der Waals surface area contributed by atoms with Crippen molar-refractivity contribution in [3.8, 4) is 0 Å². The van der Waals surface area contributed by atoms with Crippen LogP contribution in [0, 0.1) is 0 Å². The number of aliphatic imine (C=N–C) groups is 1. The summed E-state index contributed by atoms with van der Waals surface area (Å²) in [5.41, 5.74) is 1.17. The highest BCUT2D eigenvalue weighted by Crippen LogP contribution is 2.16. The minimum absolute atomic E-state index is 0.235. The molecule has 0 amide bonds. The van der Waals surface area contributed by atoms with Crippen molar-refractivity contribution in [2.45, 2.75) is 39.5 Å². The van der Waals surface area contributed by atoms with Crippen molar-refractivity contribution in [2.75, 3.05) is 38.2 Å². The second-order valence-electron chi connectivity index (χ2n) is 6.80. The third-order valence-corrected chi connectivity index (χ3v) is 4.72. The molecule has 3 heterocycles. The van der Waals surface area contributed by atoms with Gasteiger partial charge in [0.1, 0.15) is 18.0 Å². The maximum atomic E-state index is 5.62. The zero-order chi connectivity index (χ0) is 19.8. The molecule has 3 rings (SSSR count). The highest BCUT2D eigenvalue weighted by atomic mass is 16.5. The van der Waals surface area contributed by atoms with Gasteiger partial charge in [-0.25, -0.2) is 4.98 Å². The quantitative estimate of drug-likeness (QED) is 0.538. The van der Waals surface area contributed by atoms with Crippen LogP contribution in [0.25, 0.3) is 0 Å². The fraction of sp³-hybridized carbons (Fsp3) is 0.579. The molecule has 1 atom stereocenters. The highest BCUT2D eigenvalue weighted by Gasteiger charge is 2.18. The standard InChI is InChI=1S/C19H30N8O/c1-4-17-25-24-14-27(17)8-7-22-19(20-3)23-12-16-5-6-21-18(11-16)26-9-10-28-15(2)13-26/h5-6,11,14-15H,4,7-10,12-13H2,1-3H3,(H2,20,22,23). The molecule has 9 heteroatoms. The first-order valence-corrected chi connectivity index (χ1v) is 9.82. The molecule has 0 radical (unpaired) electrons. The Balaban J connectivity index is 1.49. The second-order valence-corrected chi connectivity index (χ2v) is 6.80. The smallest absolute Gasteiger partial charge is 0.191 e. The van der Waals surface area contributed by atoms with Gasteiger partial charge in [-0.1, -0.05) is 6.92 Å². The molecule has 1 fully saturated rings. The first-order chi connectivity index (χ1) is 13.7. The van der Waals surface area contributed by atoms with E-state index in [2.05, 4.69) is 60.2 Å². The van der Waals surface area contributed by atoms with Gasteiger partial charge in [0.25, 0.3) is 0 Å². The molecule has 1 aliphatic rings. The molecule has 2 aromatic heterocycles. The van der Waals surface area contributed by atoms with Crippen LogP contribution in [0.4, 0.5) is 5.82 Å². The fourth-order valence-electron chi connectivity index (χ4n) is 3.21. The predicted molar refractivity (Wildman–Crippen MR) is 109 cm³/mol. The summed E-state index contributed by atoms with van der Waals surface area (Å²) in [7, 11) is 1.78. The van der Waals surface area contributed by atoms with E-state index in [4.69, 9.17) is 4.74 Å². The lowest BCUT2D eigenvalue weighted by Gasteiger charge is -2.32. The number of hydrogen-bond donors (Lipinski definition) is 2. The third kappa shape index (κ3) is 5.41. The number of guanidine groups is 1. The summed E-state index contributed by atoms with van der Waals surface area (Å²) in [6.07, 6.45) is 4.74. The number of nitrogens with zero attached hydrogens (tertiary/aromatic N) is 6. The van der Waals surface area contributed by atoms with Crippen LogP contribution in [0.2, 0.25) is 0 Å². The normalized spacial score (nSPS) is 17.6. The van der Waals surface area contributed by atoms with E-state index in [1.165, 1.54) is 5.56 Å². The summed E-state index contributed by atoms with van der Waals surface area (Å²) in [6, 6.07) is 4.15. The summed E-state index contributed by atoms with van der Waals surface area (Å²) >= 11 is 0. The number of aryl methyl sites for hydroxylation is 1. The Morgan fingerprint density at radius 2 is 2.29 bits per heavy atom. The zero-order valence-electron chi connectivity index (χ0n) is 16.9. The van der Waals surface area contributed by atoms with E-state index >= 15 is 0 Å². The van der Waals surface area contributed by atoms with E-state index in [0.29, 0.717) is 6.54 Å². The molecule has 0 aliphatic carbocycles. The number of pyridine rings is 1. The average molecular weight is 387 g/mol. The lowest BCUT2D eigenvalue weighted by atomic mass is 10.2. The average Bonchev–Trinajstić information content (AvgIpc) is 3.18. The number of rotatable bonds is 7. The zero-order valence-corrected chi connectivity index (χ0v) is 16.9. The molecule has 1 saturated heterocycles. The fourth-order valence-corrected chi connectivity index (χ4v) is 3.21. The van der Waals surface area contributed by atoms with Gasteiger partial charge in [0.15, 0.2) is 5.96 Å². The summed E-state index contributed by atoms with van der Waals surface area (Å²) < 4.78 is 7.67. The van der Waals surface area contributed by atoms with Crippen LogP contribution >= 0.6 is 0 Å². The number of anilines is 1. The van der Waals surface area contributed by atoms with Crippen molar-refractivity contribution in [3.63, 3.8) is 0 Å². The van der Waals surface area contributed by atoms with Crippen LogP contribution in [0.1, 0.15) is 25.2 Å². The van der Waals surface area contributed by atoms with Crippen LogP contribution in [0.5, 0.6) is 0 Å². The Kier molecular flexibility index (Phi) is 7.18. The van der Waals surface area contributed by atoms with Crippen molar-refractivity contribution in [2.24, 2.45) is 4.99 Å². The maximum Gasteiger partial charge on any atom is 0.191 e. The summed E-state index contributed by atoms with van der Waals surface area (Å²) in [4.78, 5) is 11.1. The van der Waals surface area contributed by atoms with Crippen LogP contribution < -0.4 is 15.5 Å². The number of nitrogens with one attached hydrogen (secondary N) is 2. The van der Waals surface area contributed by atoms with Crippen molar-refractivity contribution < 1.29 is 4.74 Å². The van der Waals surface area contributed by atoms with Crippen LogP contribution in [-0.2, 0) is 24.2 Å². The predicted octanol–water partition coefficient (Wildman–Crippen LogP) is 0.826. The third-order valence-electron chi connectivity index (χ3n) is 4.72. The number of hydrogen-bond acceptors (Lipinski definition) is 6. The number of aromatic nitrogens is 4. The van der Waals surface area contributed by atoms with E-state index in [0.717, 1.165) is 56.8 Å². The van der Waals surface area contributed by atoms with Gasteiger partial charge in [0.2, 0.25) is 0 Å². The lowest BCUT2D eigenvalue weighted by molar-refractivity contribution is 0.0529. The number of ether oxygens (including phenoxy) is 1. The van der Waals surface area contributed by atoms with Gasteiger partial charge in [-0.05, 0) is 24.6 Å². The molecule has 9 nitrogen and oxygen atoms in total. The van der Waals surface area contributed by atoms with E-state index < -0.39 is 0 Å². The molecule has 1 unspecified atom stereocenters. The Morgan fingerprint density at radius 1 is 1.39 bits per heavy atom. The second kappa shape index (κ2) is 10.0. The monoisotopic (exact) mass is 386 g/mol. The molecule has 0 saturated carbocycles. The molecule has 0 aromatic carbocycles. The Labute approximate surface area is 166 Å². The van der Waals surface area contributed by atoms with Crippen molar-refractivity contribution in [3.05, 3.63) is 36.0 Å². The van der Waals surface area contributed by atoms with Crippen molar-refractivity contribution in [1.29, 1.82) is 0 Å². The largest absolute Gasteiger partial charge is 0.375 e. The summed E-state index contributed by atoms with van der Waals surface area (Å²) in [5, 5.41) is 14.8. The molecule has 152 valence electrons. The minimum Gasteiger partial charge on any atom is -0.375 e. The molecule has 2 aromatic rings. The van der Waals surface area contributed by atoms with Crippen molar-refractivity contribution >= 4 is 11.8 Å². The maximum absolute atomic E-state index is 5.62. The van der Waals surface area contributed by atoms with Crippen LogP contribution in [0.3, 0.4) is 0 Å². The molecule has 2 N–H and O–H groups in total. The van der Waals surface area contributed by atoms with Crippen LogP contribution in [-0.4, -0.2) is 65.1 Å². The van der Waals surface area contributed by atoms with Crippen molar-refractivity contribution in [1.82, 2.24) is 30.4 Å². The van der Waals surface area contributed by atoms with Gasteiger partial charge in [-0.15, -0.1) is 10.2 Å². The molecule has 0 spiro atoms. The van der Waals surface area contributed by atoms with E-state index in [1.807, 2.05) is 12.3 Å². The molecular formula is C19H30N8O. The number of morpholine rings is 1. The van der Waals surface area contributed by atoms with Gasteiger partial charge in [-0.3, -0.25) is 4.99 Å². The summed E-state index contributed by atoms with van der Waals surface area (Å²) in [6.45, 7) is 8.89. The Bertz CT molecular complexity index is 775. The van der Waals surface area contributed by atoms with Gasteiger partial charge < -0.3 is 24.8 Å². The van der Waals surface area contributed by atoms with E-state index in [-0.39, 0.29) is 6.10 Å². The highest BCUT2D eigenvalue weighted by molar-refractivity contribution is 5.79. The van der Waals surface area contributed by atoms with Gasteiger partial charge in [-0.2, -0.15) is 0 Å². The Morgan fingerprint density at radius 3 is 3.07 bits per heavy atom. The topological polar surface area (TPSA) is 92.5 Å². The Hall–Kier alpha value is -2.68. The SMILES string of the molecule is CCc1nncn1CCNC(=NC)NCc1ccnc(N2CCOC(C)C2)c1. The van der Waals surface area contributed by atoms with E-state index in [1.54, 1.807) is 13.4 Å². The molecule has 1 aliphatic heterocycles. The van der Waals surface area contributed by atoms with Gasteiger partial charge in [0.05, 0.1) is 12.7 Å². The molecular weight excluding hydrogens is 356 g/mol. The first-order valence-electron chi connectivity index (χ1n) is 9.82. The van der Waals surface area contributed by atoms with E-state index in [9.17, 15) is 0 Å². The molecule has 28 heavy (non-hydrogen) atoms. The first kappa shape index (κ1) is 20.1. The summed E-state index contributed by atoms with van der Waals surface area (Å²) in [5.74, 6) is 2.76. The van der Waals surface area contributed by atoms with Gasteiger partial charge >= 0.3 is 0 Å². The minimum atomic E-state index is 0.235.